The standard InChI is InChI=1S/C4H6ClN3O2S/c1-6-3-7-4(5,2-11-3)8(9)10/h2H2,1H3,(H,6,7). The lowest BCUT2D eigenvalue weighted by atomic mass is 10.6. The number of thioether (sulfide) groups is 1. The van der Waals surface area contributed by atoms with E-state index in [4.69, 9.17) is 11.6 Å². The number of alkyl halides is 1. The van der Waals surface area contributed by atoms with Gasteiger partial charge >= 0.3 is 5.12 Å². The zero-order chi connectivity index (χ0) is 8.48. The van der Waals surface area contributed by atoms with Crippen LogP contribution in [0, 0.1) is 10.1 Å². The van der Waals surface area contributed by atoms with E-state index in [0.717, 1.165) is 0 Å². The molecule has 0 amide bonds. The molecule has 1 saturated heterocycles. The molecule has 1 unspecified atom stereocenters. The van der Waals surface area contributed by atoms with Crippen LogP contribution in [0.15, 0.2) is 4.99 Å². The Morgan fingerprint density at radius 2 is 2.64 bits per heavy atom. The van der Waals surface area contributed by atoms with Crippen molar-refractivity contribution in [3.05, 3.63) is 10.1 Å². The molecule has 1 N–H and O–H groups in total. The Bertz CT molecular complexity index is 221. The van der Waals surface area contributed by atoms with Crippen LogP contribution in [0.1, 0.15) is 0 Å². The van der Waals surface area contributed by atoms with Crippen molar-refractivity contribution in [3.8, 4) is 0 Å². The molecule has 0 aromatic rings. The number of nitrogens with one attached hydrogen (secondary N) is 1. The third kappa shape index (κ3) is 1.57. The van der Waals surface area contributed by atoms with Gasteiger partial charge in [0, 0.05) is 7.05 Å². The molecule has 1 heterocycles. The molecule has 0 spiro atoms. The summed E-state index contributed by atoms with van der Waals surface area (Å²) in [5.41, 5.74) is 0. The molecular weight excluding hydrogens is 190 g/mol. The van der Waals surface area contributed by atoms with Crippen LogP contribution in [0.2, 0.25) is 0 Å². The van der Waals surface area contributed by atoms with E-state index in [1.54, 1.807) is 7.05 Å². The smallest absolute Gasteiger partial charge is 0.286 e. The van der Waals surface area contributed by atoms with Crippen LogP contribution in [-0.4, -0.2) is 28.0 Å². The van der Waals surface area contributed by atoms with E-state index in [-0.39, 0.29) is 5.75 Å². The van der Waals surface area contributed by atoms with Crippen LogP contribution < -0.4 is 5.32 Å². The van der Waals surface area contributed by atoms with E-state index in [1.807, 2.05) is 0 Å². The Labute approximate surface area is 72.4 Å². The van der Waals surface area contributed by atoms with Gasteiger partial charge in [-0.2, -0.15) is 0 Å². The van der Waals surface area contributed by atoms with Gasteiger partial charge in [0.05, 0.1) is 4.92 Å². The molecule has 62 valence electrons. The number of amidine groups is 1. The Morgan fingerprint density at radius 3 is 2.91 bits per heavy atom. The minimum absolute atomic E-state index is 0.203. The third-order valence-electron chi connectivity index (χ3n) is 1.19. The van der Waals surface area contributed by atoms with E-state index < -0.39 is 10.0 Å². The maximum Gasteiger partial charge on any atom is 0.382 e. The Hall–Kier alpha value is -0.490. The summed E-state index contributed by atoms with van der Waals surface area (Å²) in [6.07, 6.45) is 0. The van der Waals surface area contributed by atoms with Gasteiger partial charge in [-0.3, -0.25) is 20.4 Å². The molecule has 1 atom stereocenters. The van der Waals surface area contributed by atoms with Gasteiger partial charge in [0.25, 0.3) is 0 Å². The lowest BCUT2D eigenvalue weighted by molar-refractivity contribution is -0.538. The first-order chi connectivity index (χ1) is 5.08. The van der Waals surface area contributed by atoms with Crippen molar-refractivity contribution in [1.82, 2.24) is 5.32 Å². The second-order valence-corrected chi connectivity index (χ2v) is 3.55. The third-order valence-corrected chi connectivity index (χ3v) is 2.84. The second kappa shape index (κ2) is 2.86. The number of rotatable bonds is 1. The van der Waals surface area contributed by atoms with Crippen molar-refractivity contribution in [1.29, 1.82) is 0 Å². The maximum absolute atomic E-state index is 10.3. The SMILES string of the molecule is CN=C1NC(Cl)([N+](=O)[O-])CS1. The lowest BCUT2D eigenvalue weighted by Gasteiger charge is -2.09. The summed E-state index contributed by atoms with van der Waals surface area (Å²) in [5, 5.41) is 11.8. The van der Waals surface area contributed by atoms with Gasteiger partial charge in [0.2, 0.25) is 0 Å². The molecule has 0 saturated carbocycles. The fourth-order valence-corrected chi connectivity index (χ4v) is 1.80. The summed E-state index contributed by atoms with van der Waals surface area (Å²) >= 11 is 6.81. The molecule has 0 aliphatic carbocycles. The molecule has 0 aromatic carbocycles. The first kappa shape index (κ1) is 8.61. The summed E-state index contributed by atoms with van der Waals surface area (Å²) in [7, 11) is 1.55. The molecule has 1 aliphatic heterocycles. The zero-order valence-electron chi connectivity index (χ0n) is 5.70. The van der Waals surface area contributed by atoms with Crippen molar-refractivity contribution in [2.24, 2.45) is 4.99 Å². The highest BCUT2D eigenvalue weighted by atomic mass is 35.5. The van der Waals surface area contributed by atoms with E-state index in [9.17, 15) is 10.1 Å². The maximum atomic E-state index is 10.3. The van der Waals surface area contributed by atoms with Gasteiger partial charge in [-0.05, 0) is 11.6 Å². The number of halogens is 1. The van der Waals surface area contributed by atoms with E-state index in [1.165, 1.54) is 11.8 Å². The molecule has 1 aliphatic rings. The Balaban J connectivity index is 2.73. The Morgan fingerprint density at radius 1 is 2.00 bits per heavy atom. The molecular formula is C4H6ClN3O2S. The number of aliphatic imine (C=N–C) groups is 1. The van der Waals surface area contributed by atoms with Crippen LogP contribution in [0.25, 0.3) is 0 Å². The summed E-state index contributed by atoms with van der Waals surface area (Å²) < 4.78 is 0. The highest BCUT2D eigenvalue weighted by Gasteiger charge is 2.47. The molecule has 1 fully saturated rings. The van der Waals surface area contributed by atoms with Crippen molar-refractivity contribution in [2.75, 3.05) is 12.8 Å². The quantitative estimate of drug-likeness (QED) is 0.286. The molecule has 0 radical (unpaired) electrons. The van der Waals surface area contributed by atoms with Crippen molar-refractivity contribution >= 4 is 28.5 Å². The van der Waals surface area contributed by atoms with E-state index in [0.29, 0.717) is 5.17 Å². The summed E-state index contributed by atoms with van der Waals surface area (Å²) in [4.78, 5) is 13.5. The number of nitro groups is 1. The first-order valence-corrected chi connectivity index (χ1v) is 4.16. The van der Waals surface area contributed by atoms with Gasteiger partial charge in [-0.25, -0.2) is 0 Å². The number of hydrogen-bond acceptors (Lipinski definition) is 4. The molecule has 1 rings (SSSR count). The molecule has 5 nitrogen and oxygen atoms in total. The van der Waals surface area contributed by atoms with Crippen LogP contribution in [-0.2, 0) is 0 Å². The first-order valence-electron chi connectivity index (χ1n) is 2.79. The normalized spacial score (nSPS) is 33.8. The summed E-state index contributed by atoms with van der Waals surface area (Å²) in [6.45, 7) is 0. The number of hydrogen-bond donors (Lipinski definition) is 1. The van der Waals surface area contributed by atoms with Crippen LogP contribution in [0.4, 0.5) is 0 Å². The minimum atomic E-state index is -1.56. The van der Waals surface area contributed by atoms with Crippen LogP contribution >= 0.6 is 23.4 Å². The molecule has 0 aromatic heterocycles. The highest BCUT2D eigenvalue weighted by Crippen LogP contribution is 2.26. The minimum Gasteiger partial charge on any atom is -0.286 e. The van der Waals surface area contributed by atoms with Crippen molar-refractivity contribution in [3.63, 3.8) is 0 Å². The average Bonchev–Trinajstić information content (AvgIpc) is 2.33. The molecule has 7 heteroatoms. The van der Waals surface area contributed by atoms with E-state index in [2.05, 4.69) is 10.3 Å². The predicted octanol–water partition coefficient (Wildman–Crippen LogP) is 0.478. The summed E-state index contributed by atoms with van der Waals surface area (Å²) in [5.74, 6) is 0.203. The molecule has 11 heavy (non-hydrogen) atoms. The Kier molecular flexibility index (Phi) is 2.24. The average molecular weight is 196 g/mol. The zero-order valence-corrected chi connectivity index (χ0v) is 7.28. The van der Waals surface area contributed by atoms with Gasteiger partial charge < -0.3 is 0 Å². The molecule has 0 bridgehead atoms. The van der Waals surface area contributed by atoms with Crippen LogP contribution in [0.3, 0.4) is 0 Å². The monoisotopic (exact) mass is 195 g/mol. The van der Waals surface area contributed by atoms with Gasteiger partial charge in [-0.15, -0.1) is 0 Å². The highest BCUT2D eigenvalue weighted by molar-refractivity contribution is 8.14. The predicted molar refractivity (Wildman–Crippen MR) is 44.5 cm³/mol. The lowest BCUT2D eigenvalue weighted by Crippen LogP contribution is -2.45. The van der Waals surface area contributed by atoms with E-state index >= 15 is 0 Å². The summed E-state index contributed by atoms with van der Waals surface area (Å²) in [6, 6.07) is 0. The van der Waals surface area contributed by atoms with Crippen LogP contribution in [0.5, 0.6) is 0 Å². The second-order valence-electron chi connectivity index (χ2n) is 1.96. The van der Waals surface area contributed by atoms with Gasteiger partial charge in [0.15, 0.2) is 5.17 Å². The van der Waals surface area contributed by atoms with Gasteiger partial charge in [-0.1, -0.05) is 11.8 Å². The van der Waals surface area contributed by atoms with Crippen molar-refractivity contribution in [2.45, 2.75) is 5.12 Å². The fraction of sp³-hybridized carbons (Fsp3) is 0.750. The largest absolute Gasteiger partial charge is 0.382 e. The van der Waals surface area contributed by atoms with Crippen molar-refractivity contribution < 1.29 is 4.92 Å². The number of nitrogens with zero attached hydrogens (tertiary/aromatic N) is 2. The van der Waals surface area contributed by atoms with Gasteiger partial charge in [0.1, 0.15) is 5.75 Å². The fourth-order valence-electron chi connectivity index (χ4n) is 0.619. The topological polar surface area (TPSA) is 67.5 Å².